The van der Waals surface area contributed by atoms with Gasteiger partial charge < -0.3 is 9.57 Å². The maximum atomic E-state index is 5.00. The van der Waals surface area contributed by atoms with E-state index < -0.39 is 0 Å². The third-order valence-corrected chi connectivity index (χ3v) is 0.800. The molecule has 3 N–H and O–H groups in total. The summed E-state index contributed by atoms with van der Waals surface area (Å²) in [4.78, 5) is 4.27. The van der Waals surface area contributed by atoms with Crippen molar-refractivity contribution in [2.75, 3.05) is 26.5 Å². The number of nitrogens with one attached hydrogen (secondary N) is 1. The predicted octanol–water partition coefficient (Wildman–Crippen LogP) is -0.540. The van der Waals surface area contributed by atoms with E-state index in [1.54, 1.807) is 0 Å². The van der Waals surface area contributed by atoms with Crippen LogP contribution in [0.5, 0.6) is 0 Å². The smallest absolute Gasteiger partial charge is 0.0966 e. The van der Waals surface area contributed by atoms with E-state index in [0.29, 0.717) is 19.9 Å². The van der Waals surface area contributed by atoms with Crippen molar-refractivity contribution in [1.29, 1.82) is 0 Å². The van der Waals surface area contributed by atoms with Gasteiger partial charge in [0.1, 0.15) is 0 Å². The molecule has 56 valence electrons. The van der Waals surface area contributed by atoms with Crippen LogP contribution in [0, 0.1) is 0 Å². The first kappa shape index (κ1) is 8.84. The Morgan fingerprint density at radius 3 is 2.78 bits per heavy atom. The second-order valence-corrected chi connectivity index (χ2v) is 1.53. The zero-order valence-corrected chi connectivity index (χ0v) is 5.72. The molecule has 0 radical (unpaired) electrons. The van der Waals surface area contributed by atoms with Gasteiger partial charge in [-0.1, -0.05) is 6.92 Å². The van der Waals surface area contributed by atoms with Gasteiger partial charge in [-0.3, -0.25) is 5.32 Å². The van der Waals surface area contributed by atoms with Crippen molar-refractivity contribution in [1.82, 2.24) is 5.32 Å². The molecule has 4 nitrogen and oxygen atoms in total. The van der Waals surface area contributed by atoms with Crippen LogP contribution in [0.1, 0.15) is 6.92 Å². The molecule has 0 saturated carbocycles. The van der Waals surface area contributed by atoms with Crippen molar-refractivity contribution in [2.45, 2.75) is 6.92 Å². The number of nitrogens with two attached hydrogens (primary N) is 1. The maximum Gasteiger partial charge on any atom is 0.0966 e. The second kappa shape index (κ2) is 7.84. The van der Waals surface area contributed by atoms with Gasteiger partial charge in [0.05, 0.1) is 19.9 Å². The highest BCUT2D eigenvalue weighted by Crippen LogP contribution is 1.69. The molecule has 0 aliphatic carbocycles. The van der Waals surface area contributed by atoms with Gasteiger partial charge in [-0.25, -0.2) is 5.90 Å². The molecule has 0 heterocycles. The SMILES string of the molecule is CCNCOCCON. The van der Waals surface area contributed by atoms with E-state index in [1.165, 1.54) is 0 Å². The van der Waals surface area contributed by atoms with Crippen molar-refractivity contribution >= 4 is 0 Å². The van der Waals surface area contributed by atoms with E-state index in [1.807, 2.05) is 6.92 Å². The molecule has 0 aromatic rings. The van der Waals surface area contributed by atoms with Gasteiger partial charge in [0.2, 0.25) is 0 Å². The van der Waals surface area contributed by atoms with E-state index in [9.17, 15) is 0 Å². The molecule has 0 aliphatic heterocycles. The molecule has 0 aromatic carbocycles. The van der Waals surface area contributed by atoms with Crippen LogP contribution in [0.3, 0.4) is 0 Å². The molecule has 4 heteroatoms. The summed E-state index contributed by atoms with van der Waals surface area (Å²) < 4.78 is 5.00. The molecule has 0 bridgehead atoms. The quantitative estimate of drug-likeness (QED) is 0.291. The zero-order chi connectivity index (χ0) is 6.95. The van der Waals surface area contributed by atoms with Crippen LogP contribution in [0.4, 0.5) is 0 Å². The van der Waals surface area contributed by atoms with Gasteiger partial charge in [0, 0.05) is 0 Å². The number of rotatable bonds is 6. The summed E-state index contributed by atoms with van der Waals surface area (Å²) in [7, 11) is 0. The largest absolute Gasteiger partial charge is 0.364 e. The van der Waals surface area contributed by atoms with Crippen LogP contribution in [-0.2, 0) is 9.57 Å². The molecule has 0 saturated heterocycles. The summed E-state index contributed by atoms with van der Waals surface area (Å²) in [6.45, 7) is 4.50. The summed E-state index contributed by atoms with van der Waals surface area (Å²) in [5.74, 6) is 4.74. The third kappa shape index (κ3) is 7.84. The number of hydrogen-bond donors (Lipinski definition) is 2. The highest BCUT2D eigenvalue weighted by molar-refractivity contribution is 4.29. The molecule has 0 aliphatic rings. The topological polar surface area (TPSA) is 56.5 Å². The van der Waals surface area contributed by atoms with E-state index in [0.717, 1.165) is 6.54 Å². The average molecular weight is 134 g/mol. The lowest BCUT2D eigenvalue weighted by Crippen LogP contribution is -2.19. The molecule has 0 rings (SSSR count). The molecule has 0 amide bonds. The predicted molar refractivity (Wildman–Crippen MR) is 34.6 cm³/mol. The highest BCUT2D eigenvalue weighted by Gasteiger charge is 1.83. The van der Waals surface area contributed by atoms with Crippen molar-refractivity contribution < 1.29 is 9.57 Å². The molecule has 0 spiro atoms. The Balaban J connectivity index is 2.60. The van der Waals surface area contributed by atoms with Crippen LogP contribution in [-0.4, -0.2) is 26.5 Å². The van der Waals surface area contributed by atoms with Gasteiger partial charge in [-0.15, -0.1) is 0 Å². The van der Waals surface area contributed by atoms with E-state index in [2.05, 4.69) is 10.2 Å². The minimum absolute atomic E-state index is 0.450. The summed E-state index contributed by atoms with van der Waals surface area (Å²) in [5, 5.41) is 2.99. The Hall–Kier alpha value is -0.160. The van der Waals surface area contributed by atoms with Crippen LogP contribution in [0.25, 0.3) is 0 Å². The fraction of sp³-hybridized carbons (Fsp3) is 1.00. The summed E-state index contributed by atoms with van der Waals surface area (Å²) in [6.07, 6.45) is 0. The van der Waals surface area contributed by atoms with Gasteiger partial charge in [0.15, 0.2) is 0 Å². The molecule has 0 aromatic heterocycles. The average Bonchev–Trinajstić information content (AvgIpc) is 1.89. The van der Waals surface area contributed by atoms with Gasteiger partial charge in [-0.2, -0.15) is 0 Å². The molecule has 9 heavy (non-hydrogen) atoms. The lowest BCUT2D eigenvalue weighted by Gasteiger charge is -2.01. The summed E-state index contributed by atoms with van der Waals surface area (Å²) in [5.41, 5.74) is 0. The molecule has 0 unspecified atom stereocenters. The Morgan fingerprint density at radius 1 is 1.44 bits per heavy atom. The third-order valence-electron chi connectivity index (χ3n) is 0.800. The molecular weight excluding hydrogens is 120 g/mol. The zero-order valence-electron chi connectivity index (χ0n) is 5.72. The standard InChI is InChI=1S/C5H14N2O2/c1-2-7-5-8-3-4-9-6/h7H,2-6H2,1H3. The summed E-state index contributed by atoms with van der Waals surface area (Å²) >= 11 is 0. The Labute approximate surface area is 55.3 Å². The first-order valence-corrected chi connectivity index (χ1v) is 3.02. The first-order valence-electron chi connectivity index (χ1n) is 3.02. The van der Waals surface area contributed by atoms with Crippen molar-refractivity contribution in [3.63, 3.8) is 0 Å². The number of hydrogen-bond acceptors (Lipinski definition) is 4. The van der Waals surface area contributed by atoms with Gasteiger partial charge in [0.25, 0.3) is 0 Å². The van der Waals surface area contributed by atoms with Gasteiger partial charge >= 0.3 is 0 Å². The molecule has 0 atom stereocenters. The minimum atomic E-state index is 0.450. The Bertz CT molecular complexity index is 46.2. The van der Waals surface area contributed by atoms with E-state index in [-0.39, 0.29) is 0 Å². The molecular formula is C5H14N2O2. The van der Waals surface area contributed by atoms with E-state index in [4.69, 9.17) is 10.6 Å². The lowest BCUT2D eigenvalue weighted by atomic mass is 10.7. The second-order valence-electron chi connectivity index (χ2n) is 1.53. The Morgan fingerprint density at radius 2 is 2.22 bits per heavy atom. The fourth-order valence-corrected chi connectivity index (χ4v) is 0.353. The normalized spacial score (nSPS) is 10.0. The number of ether oxygens (including phenoxy) is 1. The fourth-order valence-electron chi connectivity index (χ4n) is 0.353. The first-order chi connectivity index (χ1) is 4.41. The van der Waals surface area contributed by atoms with Crippen LogP contribution in [0.2, 0.25) is 0 Å². The van der Waals surface area contributed by atoms with Crippen LogP contribution < -0.4 is 11.2 Å². The van der Waals surface area contributed by atoms with Crippen molar-refractivity contribution in [3.8, 4) is 0 Å². The Kier molecular flexibility index (Phi) is 7.70. The minimum Gasteiger partial charge on any atom is -0.364 e. The maximum absolute atomic E-state index is 5.00. The molecule has 0 fully saturated rings. The highest BCUT2D eigenvalue weighted by atomic mass is 16.6. The summed E-state index contributed by atoms with van der Waals surface area (Å²) in [6, 6.07) is 0. The van der Waals surface area contributed by atoms with E-state index >= 15 is 0 Å². The van der Waals surface area contributed by atoms with Crippen molar-refractivity contribution in [2.24, 2.45) is 5.90 Å². The van der Waals surface area contributed by atoms with Crippen LogP contribution >= 0.6 is 0 Å². The van der Waals surface area contributed by atoms with Crippen molar-refractivity contribution in [3.05, 3.63) is 0 Å². The lowest BCUT2D eigenvalue weighted by molar-refractivity contribution is 0.0410. The van der Waals surface area contributed by atoms with Crippen LogP contribution in [0.15, 0.2) is 0 Å². The van der Waals surface area contributed by atoms with Gasteiger partial charge in [-0.05, 0) is 6.54 Å². The monoisotopic (exact) mass is 134 g/mol.